The summed E-state index contributed by atoms with van der Waals surface area (Å²) in [6.07, 6.45) is 1.75. The first-order valence-corrected chi connectivity index (χ1v) is 24.4. The molecule has 4 unspecified atom stereocenters. The van der Waals surface area contributed by atoms with Gasteiger partial charge in [0, 0.05) is 33.7 Å². The lowest BCUT2D eigenvalue weighted by atomic mass is 9.85. The molecule has 0 aliphatic heterocycles. The first-order valence-electron chi connectivity index (χ1n) is 19.8. The minimum absolute atomic E-state index is 0. The maximum atomic E-state index is 13.0. The average molecular weight is 1020 g/mol. The highest BCUT2D eigenvalue weighted by Crippen LogP contribution is 2.51. The van der Waals surface area contributed by atoms with Gasteiger partial charge in [-0.2, -0.15) is 13.5 Å². The molecule has 0 aromatic heterocycles. The Kier molecular flexibility index (Phi) is 32.2. The van der Waals surface area contributed by atoms with Gasteiger partial charge in [0.05, 0.1) is 6.61 Å². The topological polar surface area (TPSA) is 303 Å². The van der Waals surface area contributed by atoms with Gasteiger partial charge in [-0.3, -0.25) is 22.9 Å². The van der Waals surface area contributed by atoms with Gasteiger partial charge in [-0.15, -0.1) is 6.42 Å². The van der Waals surface area contributed by atoms with E-state index in [9.17, 15) is 63.1 Å². The molecule has 1 fully saturated rings. The molecule has 0 bridgehead atoms. The van der Waals surface area contributed by atoms with Crippen molar-refractivity contribution in [1.29, 1.82) is 0 Å². The Morgan fingerprint density at radius 2 is 0.938 bits per heavy atom. The molecular weight excluding hydrogens is 933 g/mol. The van der Waals surface area contributed by atoms with Crippen LogP contribution in [0.2, 0.25) is 0 Å². The summed E-state index contributed by atoms with van der Waals surface area (Å²) in [7, 11) is -16.7. The molecule has 1 rings (SSSR count). The molecule has 8 atom stereocenters. The van der Waals surface area contributed by atoms with Gasteiger partial charge in [-0.1, -0.05) is 84.0 Å². The summed E-state index contributed by atoms with van der Waals surface area (Å²) in [5.41, 5.74) is 0. The van der Waals surface area contributed by atoms with E-state index in [1.165, 1.54) is 44.9 Å². The third-order valence-corrected chi connectivity index (χ3v) is 10.4. The van der Waals surface area contributed by atoms with Crippen LogP contribution in [0.15, 0.2) is 0 Å². The summed E-state index contributed by atoms with van der Waals surface area (Å²) >= 11 is 0. The molecule has 386 valence electrons. The first-order chi connectivity index (χ1) is 30.3. The normalized spacial score (nSPS) is 19.8. The zero-order valence-electron chi connectivity index (χ0n) is 35.3. The summed E-state index contributed by atoms with van der Waals surface area (Å²) in [5.74, 6) is 32.5. The second-order valence-corrected chi connectivity index (χ2v) is 17.3. The van der Waals surface area contributed by atoms with Gasteiger partial charge < -0.3 is 49.3 Å². The van der Waals surface area contributed by atoms with Crippen LogP contribution in [0.1, 0.15) is 118 Å². The van der Waals surface area contributed by atoms with Crippen molar-refractivity contribution in [1.82, 2.24) is 0 Å². The highest BCUT2D eigenvalue weighted by Gasteiger charge is 2.56. The molecule has 65 heavy (non-hydrogen) atoms. The monoisotopic (exact) mass is 1020 g/mol. The number of carbonyl (C=O) groups excluding carboxylic acids is 2. The SMILES string of the molecule is C#CC#CC#CC#CC#CC#CC#CC#CC(=O)OC[C@H](COP(=O)(O)OC1C(O)[C@@H](OP(=O)(O)O)C(O)[C@@H](OP(=O)(O)O)[C@H]1O)OC(=O)CCCCCCCCCCCCCCC.S.[HH].[HH].[HH].[HH].[HH].[HH].[HH].[HH].[HH].[HH].[HH].[HH].[HH].[HH].[HH]. The molecule has 1 aliphatic rings. The average Bonchev–Trinajstić information content (AvgIpc) is 3.22. The summed E-state index contributed by atoms with van der Waals surface area (Å²) in [4.78, 5) is 72.5. The van der Waals surface area contributed by atoms with Crippen molar-refractivity contribution in [2.45, 2.75) is 140 Å². The van der Waals surface area contributed by atoms with E-state index in [2.05, 4.69) is 98.9 Å². The molecule has 1 saturated carbocycles. The third-order valence-electron chi connectivity index (χ3n) is 8.39. The molecule has 0 aromatic rings. The Bertz CT molecular complexity index is 2190. The highest BCUT2D eigenvalue weighted by molar-refractivity contribution is 7.59. The van der Waals surface area contributed by atoms with Crippen molar-refractivity contribution >= 4 is 48.9 Å². The number of rotatable bonds is 26. The summed E-state index contributed by atoms with van der Waals surface area (Å²) in [6, 6.07) is 0. The number of hydrogen-bond acceptors (Lipinski definition) is 14. The van der Waals surface area contributed by atoms with E-state index in [-0.39, 0.29) is 41.3 Å². The van der Waals surface area contributed by atoms with Gasteiger partial charge in [0.25, 0.3) is 0 Å². The zero-order chi connectivity index (χ0) is 47.9. The summed E-state index contributed by atoms with van der Waals surface area (Å²) in [5, 5.41) is 31.7. The molecule has 8 N–H and O–H groups in total. The summed E-state index contributed by atoms with van der Waals surface area (Å²) < 4.78 is 64.6. The van der Waals surface area contributed by atoms with Crippen LogP contribution in [0.25, 0.3) is 0 Å². The number of phosphoric ester groups is 3. The predicted molar refractivity (Wildman–Crippen MR) is 269 cm³/mol. The van der Waals surface area contributed by atoms with Crippen molar-refractivity contribution in [3.63, 3.8) is 0 Å². The fourth-order valence-corrected chi connectivity index (χ4v) is 7.64. The number of phosphoric acid groups is 3. The molecule has 0 saturated heterocycles. The number of esters is 2. The van der Waals surface area contributed by atoms with E-state index < -0.39 is 91.3 Å². The van der Waals surface area contributed by atoms with Crippen LogP contribution in [-0.2, 0) is 50.9 Å². The largest absolute Gasteiger partial charge is 0.472 e. The second kappa shape index (κ2) is 34.3. The van der Waals surface area contributed by atoms with Crippen molar-refractivity contribution < 1.29 is 112 Å². The molecule has 0 spiro atoms. The van der Waals surface area contributed by atoms with E-state index >= 15 is 0 Å². The van der Waals surface area contributed by atoms with Crippen LogP contribution >= 0.6 is 37.0 Å². The van der Waals surface area contributed by atoms with Crippen LogP contribution in [0.5, 0.6) is 0 Å². The lowest BCUT2D eigenvalue weighted by molar-refractivity contribution is -0.213. The molecule has 0 amide bonds. The first kappa shape index (κ1) is 61.0. The van der Waals surface area contributed by atoms with Gasteiger partial charge in [-0.25, -0.2) is 18.5 Å². The number of aliphatic hydroxyl groups is 3. The number of hydrogen-bond donors (Lipinski definition) is 8. The van der Waals surface area contributed by atoms with Crippen molar-refractivity contribution in [2.75, 3.05) is 13.2 Å². The third kappa shape index (κ3) is 30.7. The van der Waals surface area contributed by atoms with E-state index in [4.69, 9.17) is 24.9 Å². The van der Waals surface area contributed by atoms with Gasteiger partial charge >= 0.3 is 35.4 Å². The maximum absolute atomic E-state index is 13.0. The number of aliphatic hydroxyl groups excluding tert-OH is 3. The molecule has 0 aromatic carbocycles. The van der Waals surface area contributed by atoms with Crippen molar-refractivity contribution in [3.8, 4) is 95.2 Å². The van der Waals surface area contributed by atoms with Gasteiger partial charge in [0.1, 0.15) is 43.2 Å². The Morgan fingerprint density at radius 1 is 0.569 bits per heavy atom. The number of terminal acetylenes is 1. The summed E-state index contributed by atoms with van der Waals surface area (Å²) in [6.45, 7) is 0.318. The smallest absolute Gasteiger partial charge is 0.456 e. The van der Waals surface area contributed by atoms with Crippen molar-refractivity contribution in [3.05, 3.63) is 0 Å². The van der Waals surface area contributed by atoms with Gasteiger partial charge in [0.2, 0.25) is 0 Å². The lowest BCUT2D eigenvalue weighted by Gasteiger charge is -2.44. The Balaban J connectivity index is -0.000000183. The number of carbonyl (C=O) groups is 2. The lowest BCUT2D eigenvalue weighted by Crippen LogP contribution is -2.65. The van der Waals surface area contributed by atoms with Crippen LogP contribution in [0.3, 0.4) is 0 Å². The van der Waals surface area contributed by atoms with Crippen LogP contribution in [0.4, 0.5) is 0 Å². The van der Waals surface area contributed by atoms with E-state index in [1.54, 1.807) is 0 Å². The van der Waals surface area contributed by atoms with Gasteiger partial charge in [-0.05, 0) is 89.3 Å². The number of ether oxygens (including phenoxy) is 2. The molecular formula is C42H83O19P3S. The highest BCUT2D eigenvalue weighted by atomic mass is 32.1. The Labute approximate surface area is 408 Å². The van der Waals surface area contributed by atoms with E-state index in [1.807, 2.05) is 5.92 Å². The fourth-order valence-electron chi connectivity index (χ4n) is 5.53. The molecule has 0 heterocycles. The second-order valence-electron chi connectivity index (χ2n) is 13.5. The Morgan fingerprint density at radius 3 is 1.34 bits per heavy atom. The maximum Gasteiger partial charge on any atom is 0.472 e. The van der Waals surface area contributed by atoms with Crippen molar-refractivity contribution in [2.24, 2.45) is 0 Å². The number of unbranched alkanes of at least 4 members (excludes halogenated alkanes) is 12. The predicted octanol–water partition coefficient (Wildman–Crippen LogP) is 5.94. The molecule has 1 aliphatic carbocycles. The fraction of sp³-hybridized carbons (Fsp3) is 0.571. The van der Waals surface area contributed by atoms with Gasteiger partial charge in [0.15, 0.2) is 6.10 Å². The quantitative estimate of drug-likeness (QED) is 0.0163. The Hall–Kier alpha value is -4.02. The van der Waals surface area contributed by atoms with E-state index in [0.29, 0.717) is 12.8 Å². The minimum Gasteiger partial charge on any atom is -0.456 e. The molecule has 19 nitrogen and oxygen atoms in total. The van der Waals surface area contributed by atoms with Crippen LogP contribution in [-0.4, -0.2) is 108 Å². The van der Waals surface area contributed by atoms with Crippen LogP contribution < -0.4 is 0 Å². The van der Waals surface area contributed by atoms with E-state index in [0.717, 1.165) is 25.7 Å². The molecule has 0 radical (unpaired) electrons. The van der Waals surface area contributed by atoms with Crippen LogP contribution in [0, 0.1) is 95.2 Å². The molecule has 23 heteroatoms. The standard InChI is InChI=1S/C42H51O19P3.H2S.15H2/c1-3-5-7-9-11-13-15-17-19-20-22-24-26-28-30-35(43)56-32-34(58-36(44)31-29-27-25-23-21-18-16-14-12-10-8-6-4-2)33-57-64(54,55)61-42-38(46)40(59-62(48,49)50)37(45)41(39(42)47)60-63(51,52)53;;;;;;;;;;;;;;;;/h1,34,37-42,45-47H,4,6,8,10,12,14,16,18,21,23,25,27,29,31-33H2,2H3,(H,54,55)(H2,48,49,50)(H2,51,52,53);1H2;15*1H/t34-,37?,38-,39?,40-,41+,42?;;;;;;;;;;;;;;;;/m1................/s1. The zero-order valence-corrected chi connectivity index (χ0v) is 39.0. The minimum atomic E-state index is -5.59.